The summed E-state index contributed by atoms with van der Waals surface area (Å²) >= 11 is 0. The summed E-state index contributed by atoms with van der Waals surface area (Å²) in [6.07, 6.45) is -4.76. The summed E-state index contributed by atoms with van der Waals surface area (Å²) in [4.78, 5) is 3.12. The summed E-state index contributed by atoms with van der Waals surface area (Å²) in [5.74, 6) is -3.27. The molecule has 1 heterocycles. The quantitative estimate of drug-likeness (QED) is 0.786. The van der Waals surface area contributed by atoms with Crippen LogP contribution in [-0.2, 0) is 6.18 Å². The van der Waals surface area contributed by atoms with Gasteiger partial charge in [0.2, 0.25) is 5.88 Å². The normalized spacial score (nSPS) is 11.0. The lowest BCUT2D eigenvalue weighted by atomic mass is 10.2. The van der Waals surface area contributed by atoms with Crippen LogP contribution in [0.3, 0.4) is 0 Å². The van der Waals surface area contributed by atoms with Gasteiger partial charge in [-0.1, -0.05) is 0 Å². The molecule has 0 amide bonds. The summed E-state index contributed by atoms with van der Waals surface area (Å²) in [6.45, 7) is 0. The number of benzene rings is 1. The van der Waals surface area contributed by atoms with Gasteiger partial charge < -0.3 is 4.74 Å². The first-order valence-corrected chi connectivity index (χ1v) is 5.42. The van der Waals surface area contributed by atoms with Gasteiger partial charge in [0, 0.05) is 6.07 Å². The first-order valence-electron chi connectivity index (χ1n) is 5.42. The zero-order valence-electron chi connectivity index (χ0n) is 10.1. The number of nitrogens with zero attached hydrogens (tertiary/aromatic N) is 2. The number of rotatable bonds is 2. The molecule has 0 N–H and O–H groups in total. The fourth-order valence-electron chi connectivity index (χ4n) is 1.42. The Morgan fingerprint density at radius 1 is 1.10 bits per heavy atom. The highest BCUT2D eigenvalue weighted by atomic mass is 19.4. The molecule has 0 aliphatic heterocycles. The Morgan fingerprint density at radius 2 is 1.81 bits per heavy atom. The van der Waals surface area contributed by atoms with Gasteiger partial charge in [-0.25, -0.2) is 13.8 Å². The summed E-state index contributed by atoms with van der Waals surface area (Å²) in [6, 6.07) is 5.17. The van der Waals surface area contributed by atoms with Crippen LogP contribution in [0.1, 0.15) is 11.3 Å². The van der Waals surface area contributed by atoms with E-state index in [0.29, 0.717) is 12.1 Å². The minimum absolute atomic E-state index is 0.341. The van der Waals surface area contributed by atoms with Gasteiger partial charge in [-0.05, 0) is 24.3 Å². The maximum Gasteiger partial charge on any atom is 0.433 e. The highest BCUT2D eigenvalue weighted by Gasteiger charge is 2.33. The largest absolute Gasteiger partial charge is 0.434 e. The molecule has 0 unspecified atom stereocenters. The van der Waals surface area contributed by atoms with Crippen LogP contribution in [0.4, 0.5) is 22.0 Å². The van der Waals surface area contributed by atoms with E-state index in [1.165, 1.54) is 0 Å². The van der Waals surface area contributed by atoms with Crippen molar-refractivity contribution in [3.63, 3.8) is 0 Å². The fourth-order valence-corrected chi connectivity index (χ4v) is 1.42. The molecule has 108 valence electrons. The molecular formula is C13H5F5N2O. The number of aromatic nitrogens is 1. The number of nitriles is 1. The van der Waals surface area contributed by atoms with Gasteiger partial charge in [-0.2, -0.15) is 18.4 Å². The third-order valence-electron chi connectivity index (χ3n) is 2.37. The summed E-state index contributed by atoms with van der Waals surface area (Å²) in [5.41, 5.74) is -1.65. The standard InChI is InChI=1S/C13H5F5N2O/c14-8-2-3-9(15)10(5-8)21-12-7(6-19)1-4-11(20-12)13(16,17)18/h1-5H. The molecule has 0 aliphatic carbocycles. The van der Waals surface area contributed by atoms with Gasteiger partial charge in [-0.3, -0.25) is 0 Å². The van der Waals surface area contributed by atoms with Crippen molar-refractivity contribution in [3.05, 3.63) is 53.2 Å². The van der Waals surface area contributed by atoms with Gasteiger partial charge in [0.25, 0.3) is 0 Å². The zero-order valence-corrected chi connectivity index (χ0v) is 10.1. The Hall–Kier alpha value is -2.69. The number of hydrogen-bond donors (Lipinski definition) is 0. The molecule has 2 aromatic rings. The first-order chi connectivity index (χ1) is 9.81. The van der Waals surface area contributed by atoms with Gasteiger partial charge in [0.15, 0.2) is 11.6 Å². The fraction of sp³-hybridized carbons (Fsp3) is 0.0769. The number of ether oxygens (including phenoxy) is 1. The maximum absolute atomic E-state index is 13.4. The topological polar surface area (TPSA) is 45.9 Å². The van der Waals surface area contributed by atoms with Gasteiger partial charge in [0.1, 0.15) is 23.1 Å². The second-order valence-electron chi connectivity index (χ2n) is 3.84. The molecular weight excluding hydrogens is 295 g/mol. The Morgan fingerprint density at radius 3 is 2.43 bits per heavy atom. The Bertz CT molecular complexity index is 721. The molecule has 0 radical (unpaired) electrons. The van der Waals surface area contributed by atoms with Crippen LogP contribution in [0.5, 0.6) is 11.6 Å². The van der Waals surface area contributed by atoms with Crippen molar-refractivity contribution >= 4 is 0 Å². The predicted molar refractivity (Wildman–Crippen MR) is 60.4 cm³/mol. The number of pyridine rings is 1. The van der Waals surface area contributed by atoms with E-state index in [1.807, 2.05) is 0 Å². The van der Waals surface area contributed by atoms with Crippen molar-refractivity contribution in [3.8, 4) is 17.7 Å². The molecule has 0 aliphatic rings. The van der Waals surface area contributed by atoms with Crippen LogP contribution in [0.15, 0.2) is 30.3 Å². The van der Waals surface area contributed by atoms with Crippen molar-refractivity contribution in [1.82, 2.24) is 4.98 Å². The molecule has 1 aromatic carbocycles. The lowest BCUT2D eigenvalue weighted by molar-refractivity contribution is -0.141. The number of halogens is 5. The maximum atomic E-state index is 13.4. The van der Waals surface area contributed by atoms with Crippen molar-refractivity contribution < 1.29 is 26.7 Å². The molecule has 0 atom stereocenters. The zero-order chi connectivity index (χ0) is 15.6. The highest BCUT2D eigenvalue weighted by molar-refractivity contribution is 5.42. The van der Waals surface area contributed by atoms with Gasteiger partial charge in [0.05, 0.1) is 0 Å². The van der Waals surface area contributed by atoms with Crippen LogP contribution in [0.2, 0.25) is 0 Å². The SMILES string of the molecule is N#Cc1ccc(C(F)(F)F)nc1Oc1cc(F)ccc1F. The van der Waals surface area contributed by atoms with E-state index in [0.717, 1.165) is 18.2 Å². The number of alkyl halides is 3. The lowest BCUT2D eigenvalue weighted by Gasteiger charge is -2.10. The molecule has 0 saturated carbocycles. The van der Waals surface area contributed by atoms with E-state index in [2.05, 4.69) is 4.98 Å². The molecule has 0 spiro atoms. The van der Waals surface area contributed by atoms with E-state index in [4.69, 9.17) is 10.00 Å². The Balaban J connectivity index is 2.47. The predicted octanol–water partition coefficient (Wildman–Crippen LogP) is 4.04. The van der Waals surface area contributed by atoms with E-state index in [9.17, 15) is 22.0 Å². The van der Waals surface area contributed by atoms with E-state index < -0.39 is 35.1 Å². The Labute approximate surface area is 115 Å². The summed E-state index contributed by atoms with van der Waals surface area (Å²) in [7, 11) is 0. The van der Waals surface area contributed by atoms with Crippen LogP contribution in [0, 0.1) is 23.0 Å². The smallest absolute Gasteiger partial charge is 0.433 e. The van der Waals surface area contributed by atoms with E-state index in [1.54, 1.807) is 6.07 Å². The second-order valence-corrected chi connectivity index (χ2v) is 3.84. The monoisotopic (exact) mass is 300 g/mol. The van der Waals surface area contributed by atoms with E-state index >= 15 is 0 Å². The first kappa shape index (κ1) is 14.7. The van der Waals surface area contributed by atoms with Crippen molar-refractivity contribution in [2.45, 2.75) is 6.18 Å². The molecule has 3 nitrogen and oxygen atoms in total. The van der Waals surface area contributed by atoms with Crippen molar-refractivity contribution in [1.29, 1.82) is 5.26 Å². The molecule has 0 bridgehead atoms. The van der Waals surface area contributed by atoms with Crippen molar-refractivity contribution in [2.24, 2.45) is 0 Å². The van der Waals surface area contributed by atoms with Crippen LogP contribution in [-0.4, -0.2) is 4.98 Å². The average molecular weight is 300 g/mol. The van der Waals surface area contributed by atoms with Crippen molar-refractivity contribution in [2.75, 3.05) is 0 Å². The molecule has 21 heavy (non-hydrogen) atoms. The average Bonchev–Trinajstić information content (AvgIpc) is 2.42. The van der Waals surface area contributed by atoms with Gasteiger partial charge >= 0.3 is 6.18 Å². The summed E-state index contributed by atoms with van der Waals surface area (Å²) < 4.78 is 68.8. The molecule has 1 aromatic heterocycles. The van der Waals surface area contributed by atoms with Crippen LogP contribution < -0.4 is 4.74 Å². The molecule has 2 rings (SSSR count). The van der Waals surface area contributed by atoms with Crippen LogP contribution >= 0.6 is 0 Å². The second kappa shape index (κ2) is 5.36. The number of hydrogen-bond acceptors (Lipinski definition) is 3. The van der Waals surface area contributed by atoms with Gasteiger partial charge in [-0.15, -0.1) is 0 Å². The minimum atomic E-state index is -4.76. The highest BCUT2D eigenvalue weighted by Crippen LogP contribution is 2.32. The van der Waals surface area contributed by atoms with E-state index in [-0.39, 0.29) is 5.56 Å². The molecule has 0 fully saturated rings. The molecule has 8 heteroatoms. The molecule has 0 saturated heterocycles. The third-order valence-corrected chi connectivity index (χ3v) is 2.37. The van der Waals surface area contributed by atoms with Crippen LogP contribution in [0.25, 0.3) is 0 Å². The lowest BCUT2D eigenvalue weighted by Crippen LogP contribution is -2.09. The third kappa shape index (κ3) is 3.25. The minimum Gasteiger partial charge on any atom is -0.434 e. The Kier molecular flexibility index (Phi) is 3.76. The summed E-state index contributed by atoms with van der Waals surface area (Å²) in [5, 5.41) is 8.79.